The maximum absolute atomic E-state index is 11.3. The molecule has 1 aromatic carbocycles. The molecule has 1 heterocycles. The summed E-state index contributed by atoms with van der Waals surface area (Å²) in [5, 5.41) is 8.93. The molecule has 17 heavy (non-hydrogen) atoms. The lowest BCUT2D eigenvalue weighted by molar-refractivity contribution is 0.472. The Bertz CT molecular complexity index is 763. The van der Waals surface area contributed by atoms with Crippen LogP contribution in [0.5, 0.6) is 5.75 Å². The van der Waals surface area contributed by atoms with E-state index in [4.69, 9.17) is 0 Å². The summed E-state index contributed by atoms with van der Waals surface area (Å²) in [6.07, 6.45) is 0. The van der Waals surface area contributed by atoms with Gasteiger partial charge in [0.2, 0.25) is 0 Å². The van der Waals surface area contributed by atoms with Crippen molar-refractivity contribution >= 4 is 20.8 Å². The van der Waals surface area contributed by atoms with Crippen molar-refractivity contribution in [1.29, 1.82) is 0 Å². The molecule has 0 aliphatic heterocycles. The van der Waals surface area contributed by atoms with E-state index in [0.717, 1.165) is 0 Å². The van der Waals surface area contributed by atoms with Gasteiger partial charge in [-0.15, -0.1) is 4.91 Å². The molecule has 0 aliphatic carbocycles. The fourth-order valence-electron chi connectivity index (χ4n) is 1.48. The lowest BCUT2D eigenvalue weighted by atomic mass is 10.2. The summed E-state index contributed by atoms with van der Waals surface area (Å²) < 4.78 is 24.7. The molecule has 2 N–H and O–H groups in total. The van der Waals surface area contributed by atoms with Gasteiger partial charge in [-0.05, 0) is 0 Å². The largest absolute Gasteiger partial charge is 0.503 e. The van der Waals surface area contributed by atoms with Gasteiger partial charge >= 0.3 is 10.0 Å². The molecular weight excluding hydrogens is 248 g/mol. The second-order valence-electron chi connectivity index (χ2n) is 3.23. The summed E-state index contributed by atoms with van der Waals surface area (Å²) in [6, 6.07) is 5.74. The quantitative estimate of drug-likeness (QED) is 0.764. The van der Waals surface area contributed by atoms with E-state index in [1.165, 1.54) is 24.3 Å². The van der Waals surface area contributed by atoms with E-state index in [1.54, 1.807) is 0 Å². The monoisotopic (exact) mass is 254 g/mol. The molecule has 0 spiro atoms. The van der Waals surface area contributed by atoms with Gasteiger partial charge in [0.15, 0.2) is 10.8 Å². The van der Waals surface area contributed by atoms with Crippen LogP contribution in [0.4, 0.5) is 0 Å². The minimum atomic E-state index is -4.46. The molecule has 8 heteroatoms. The molecule has 0 radical (unpaired) electrons. The molecule has 0 amide bonds. The van der Waals surface area contributed by atoms with Crippen LogP contribution in [-0.4, -0.2) is 18.5 Å². The van der Waals surface area contributed by atoms with Gasteiger partial charge in [0.05, 0.1) is 4.58 Å². The van der Waals surface area contributed by atoms with Crippen LogP contribution in [0.15, 0.2) is 38.7 Å². The predicted octanol–water partition coefficient (Wildman–Crippen LogP) is 0.689. The number of aromatic nitrogens is 1. The molecule has 88 valence electrons. The predicted molar refractivity (Wildman–Crippen MR) is 59.2 cm³/mol. The van der Waals surface area contributed by atoms with E-state index in [1.807, 2.05) is 9.57 Å². The number of sulfonamides is 1. The zero-order chi connectivity index (χ0) is 12.6. The van der Waals surface area contributed by atoms with Crippen molar-refractivity contribution in [3.8, 4) is 5.75 Å². The zero-order valence-corrected chi connectivity index (χ0v) is 9.06. The lowest BCUT2D eigenvalue weighted by Gasteiger charge is -2.04. The van der Waals surface area contributed by atoms with Gasteiger partial charge in [-0.25, -0.2) is 0 Å². The van der Waals surface area contributed by atoms with E-state index < -0.39 is 26.4 Å². The normalized spacial score (nSPS) is 11.5. The Labute approximate surface area is 94.7 Å². The van der Waals surface area contributed by atoms with Gasteiger partial charge in [0.25, 0.3) is 5.56 Å². The minimum Gasteiger partial charge on any atom is -0.503 e. The van der Waals surface area contributed by atoms with Crippen molar-refractivity contribution in [1.82, 2.24) is 4.98 Å². The van der Waals surface area contributed by atoms with Crippen LogP contribution in [-0.2, 0) is 10.0 Å². The molecule has 0 saturated heterocycles. The van der Waals surface area contributed by atoms with E-state index in [2.05, 4.69) is 0 Å². The highest BCUT2D eigenvalue weighted by atomic mass is 32.2. The first-order chi connectivity index (χ1) is 7.97. The van der Waals surface area contributed by atoms with Gasteiger partial charge in [-0.2, -0.15) is 8.42 Å². The summed E-state index contributed by atoms with van der Waals surface area (Å²) >= 11 is 0. The number of rotatable bonds is 2. The maximum atomic E-state index is 11.3. The molecule has 2 rings (SSSR count). The smallest absolute Gasteiger partial charge is 0.332 e. The Balaban J connectivity index is 3.06. The third-order valence-corrected chi connectivity index (χ3v) is 3.26. The molecule has 0 saturated carbocycles. The number of fused-ring (bicyclic) bond motifs is 1. The van der Waals surface area contributed by atoms with Crippen molar-refractivity contribution in [3.63, 3.8) is 0 Å². The van der Waals surface area contributed by atoms with Crippen LogP contribution in [0, 0.1) is 4.91 Å². The highest BCUT2D eigenvalue weighted by molar-refractivity contribution is 7.90. The number of hydrogen-bond acceptors (Lipinski definition) is 5. The summed E-state index contributed by atoms with van der Waals surface area (Å²) in [5.41, 5.74) is -0.995. The second kappa shape index (κ2) is 3.67. The van der Waals surface area contributed by atoms with E-state index in [-0.39, 0.29) is 10.8 Å². The number of hydrogen-bond donors (Lipinski definition) is 2. The highest BCUT2D eigenvalue weighted by Crippen LogP contribution is 2.25. The Morgan fingerprint density at radius 1 is 1.18 bits per heavy atom. The van der Waals surface area contributed by atoms with Crippen LogP contribution >= 0.6 is 0 Å². The molecule has 0 unspecified atom stereocenters. The van der Waals surface area contributed by atoms with E-state index >= 15 is 0 Å². The van der Waals surface area contributed by atoms with Gasteiger partial charge < -0.3 is 10.1 Å². The average molecular weight is 254 g/mol. The number of nitroso groups, excluding NO2 is 1. The maximum Gasteiger partial charge on any atom is 0.332 e. The first-order valence-corrected chi connectivity index (χ1v) is 5.85. The molecule has 7 nitrogen and oxygen atoms in total. The molecule has 2 aromatic rings. The number of nitrogens with one attached hydrogen (secondary N) is 1. The van der Waals surface area contributed by atoms with Crippen LogP contribution in [0.3, 0.4) is 0 Å². The van der Waals surface area contributed by atoms with Crippen LogP contribution in [0.25, 0.3) is 10.8 Å². The van der Waals surface area contributed by atoms with Gasteiger partial charge in [-0.1, -0.05) is 24.3 Å². The fraction of sp³-hybridized carbons (Fsp3) is 0. The van der Waals surface area contributed by atoms with Gasteiger partial charge in [0.1, 0.15) is 0 Å². The van der Waals surface area contributed by atoms with Crippen molar-refractivity contribution in [2.24, 2.45) is 4.58 Å². The van der Waals surface area contributed by atoms with Crippen LogP contribution in [0.2, 0.25) is 0 Å². The molecule has 0 bridgehead atoms. The first-order valence-electron chi connectivity index (χ1n) is 4.41. The van der Waals surface area contributed by atoms with Crippen molar-refractivity contribution in [3.05, 3.63) is 39.5 Å². The fourth-order valence-corrected chi connectivity index (χ4v) is 2.23. The standard InChI is InChI=1S/C9H6N2O5S/c12-7-5-3-1-2-4-6(5)9(10-8(7)13)17(15,16)11-14/h1-4,12H,(H,10,13). The van der Waals surface area contributed by atoms with Gasteiger partial charge in [-0.3, -0.25) is 4.79 Å². The number of benzene rings is 1. The molecule has 0 fully saturated rings. The molecule has 0 atom stereocenters. The number of pyridine rings is 1. The molecular formula is C9H6N2O5S. The topological polar surface area (TPSA) is 117 Å². The number of aromatic hydroxyl groups is 1. The average Bonchev–Trinajstić information content (AvgIpc) is 2.33. The van der Waals surface area contributed by atoms with Crippen LogP contribution < -0.4 is 5.56 Å². The summed E-state index contributed by atoms with van der Waals surface area (Å²) in [4.78, 5) is 23.5. The minimum absolute atomic E-state index is 0.0317. The zero-order valence-electron chi connectivity index (χ0n) is 8.25. The number of aromatic amines is 1. The molecule has 1 aromatic heterocycles. The Hall–Kier alpha value is -2.22. The van der Waals surface area contributed by atoms with Gasteiger partial charge in [0, 0.05) is 10.8 Å². The SMILES string of the molecule is O=NS(=O)(=O)c1[nH]c(=O)c(O)c2ccccc12. The van der Waals surface area contributed by atoms with E-state index in [9.17, 15) is 23.2 Å². The summed E-state index contributed by atoms with van der Waals surface area (Å²) in [6.45, 7) is 0. The Morgan fingerprint density at radius 3 is 2.35 bits per heavy atom. The number of nitrogens with zero attached hydrogens (tertiary/aromatic N) is 1. The van der Waals surface area contributed by atoms with Crippen LogP contribution in [0.1, 0.15) is 0 Å². The van der Waals surface area contributed by atoms with Crippen molar-refractivity contribution < 1.29 is 13.5 Å². The summed E-state index contributed by atoms with van der Waals surface area (Å²) in [7, 11) is -4.46. The Kier molecular flexibility index (Phi) is 2.43. The van der Waals surface area contributed by atoms with Crippen molar-refractivity contribution in [2.75, 3.05) is 0 Å². The highest BCUT2D eigenvalue weighted by Gasteiger charge is 2.21. The summed E-state index contributed by atoms with van der Waals surface area (Å²) in [5.74, 6) is -0.606. The van der Waals surface area contributed by atoms with E-state index in [0.29, 0.717) is 0 Å². The van der Waals surface area contributed by atoms with Crippen molar-refractivity contribution in [2.45, 2.75) is 5.03 Å². The molecule has 0 aliphatic rings. The Morgan fingerprint density at radius 2 is 1.76 bits per heavy atom. The first kappa shape index (κ1) is 11.3. The number of H-pyrrole nitrogens is 1. The third kappa shape index (κ3) is 1.68. The lowest BCUT2D eigenvalue weighted by Crippen LogP contribution is -2.12. The second-order valence-corrected chi connectivity index (χ2v) is 4.73. The third-order valence-electron chi connectivity index (χ3n) is 2.23.